The van der Waals surface area contributed by atoms with Crippen molar-refractivity contribution in [2.45, 2.75) is 33.2 Å². The number of aryl methyl sites for hydroxylation is 1. The SMILES string of the molecule is Cc1cccc(OCC(=O)N2CCc3c([nH]c4ccccc34)[C@H]2C(C)C)c1. The summed E-state index contributed by atoms with van der Waals surface area (Å²) >= 11 is 0. The molecule has 0 fully saturated rings. The Kier molecular flexibility index (Phi) is 4.65. The number of H-pyrrole nitrogens is 1. The Morgan fingerprint density at radius 3 is 2.81 bits per heavy atom. The quantitative estimate of drug-likeness (QED) is 0.735. The maximum Gasteiger partial charge on any atom is 0.261 e. The van der Waals surface area contributed by atoms with Crippen LogP contribution in [0.5, 0.6) is 5.75 Å². The number of benzene rings is 2. The molecule has 2 heterocycles. The molecular weight excluding hydrogens is 336 g/mol. The predicted molar refractivity (Wildman–Crippen MR) is 108 cm³/mol. The molecule has 0 bridgehead atoms. The van der Waals surface area contributed by atoms with Gasteiger partial charge in [-0.15, -0.1) is 0 Å². The molecule has 1 aliphatic rings. The number of hydrogen-bond donors (Lipinski definition) is 1. The van der Waals surface area contributed by atoms with Gasteiger partial charge in [-0.2, -0.15) is 0 Å². The average Bonchev–Trinajstić information content (AvgIpc) is 3.03. The van der Waals surface area contributed by atoms with Crippen molar-refractivity contribution >= 4 is 16.8 Å². The molecule has 0 spiro atoms. The summed E-state index contributed by atoms with van der Waals surface area (Å²) in [5.41, 5.74) is 4.81. The second-order valence-corrected chi connectivity index (χ2v) is 7.69. The number of aromatic nitrogens is 1. The number of hydrogen-bond acceptors (Lipinski definition) is 2. The Bertz CT molecular complexity index is 973. The number of carbonyl (C=O) groups excluding carboxylic acids is 1. The first kappa shape index (κ1) is 17.7. The van der Waals surface area contributed by atoms with E-state index in [9.17, 15) is 4.79 Å². The van der Waals surface area contributed by atoms with E-state index in [2.05, 4.69) is 37.0 Å². The summed E-state index contributed by atoms with van der Waals surface area (Å²) in [6.45, 7) is 7.17. The van der Waals surface area contributed by atoms with Crippen LogP contribution in [-0.4, -0.2) is 28.9 Å². The molecule has 1 amide bonds. The lowest BCUT2D eigenvalue weighted by atomic mass is 9.90. The highest BCUT2D eigenvalue weighted by Crippen LogP contribution is 2.38. The number of ether oxygens (including phenoxy) is 1. The van der Waals surface area contributed by atoms with Crippen LogP contribution in [0.1, 0.15) is 36.7 Å². The van der Waals surface area contributed by atoms with Gasteiger partial charge in [0.05, 0.1) is 6.04 Å². The van der Waals surface area contributed by atoms with Crippen molar-refractivity contribution in [1.29, 1.82) is 0 Å². The summed E-state index contributed by atoms with van der Waals surface area (Å²) in [7, 11) is 0. The number of carbonyl (C=O) groups is 1. The highest BCUT2D eigenvalue weighted by molar-refractivity contribution is 5.86. The standard InChI is InChI=1S/C23H26N2O2/c1-15(2)23-22-19(18-9-4-5-10-20(18)24-22)11-12-25(23)21(26)14-27-17-8-6-7-16(3)13-17/h4-10,13,15,23-24H,11-12,14H2,1-3H3/t23-/m1/s1. The minimum absolute atomic E-state index is 0.0412. The molecule has 0 unspecified atom stereocenters. The third-order valence-electron chi connectivity index (χ3n) is 5.38. The fourth-order valence-corrected chi connectivity index (χ4v) is 4.18. The Balaban J connectivity index is 1.58. The van der Waals surface area contributed by atoms with Gasteiger partial charge in [0.2, 0.25) is 0 Å². The van der Waals surface area contributed by atoms with Crippen LogP contribution in [0.25, 0.3) is 10.9 Å². The first-order valence-corrected chi connectivity index (χ1v) is 9.63. The van der Waals surface area contributed by atoms with Crippen LogP contribution in [-0.2, 0) is 11.2 Å². The zero-order chi connectivity index (χ0) is 19.0. The maximum absolute atomic E-state index is 13.0. The molecule has 1 N–H and O–H groups in total. The minimum Gasteiger partial charge on any atom is -0.484 e. The van der Waals surface area contributed by atoms with Crippen LogP contribution in [0.15, 0.2) is 48.5 Å². The Hall–Kier alpha value is -2.75. The van der Waals surface area contributed by atoms with Crippen LogP contribution in [0, 0.1) is 12.8 Å². The number of amides is 1. The van der Waals surface area contributed by atoms with Crippen LogP contribution in [0.4, 0.5) is 0 Å². The lowest BCUT2D eigenvalue weighted by Crippen LogP contribution is -2.44. The van der Waals surface area contributed by atoms with Gasteiger partial charge in [0.1, 0.15) is 5.75 Å². The summed E-state index contributed by atoms with van der Waals surface area (Å²) < 4.78 is 5.78. The molecule has 0 saturated carbocycles. The molecule has 0 aliphatic carbocycles. The maximum atomic E-state index is 13.0. The minimum atomic E-state index is 0.0412. The molecule has 27 heavy (non-hydrogen) atoms. The molecule has 4 nitrogen and oxygen atoms in total. The smallest absolute Gasteiger partial charge is 0.261 e. The van der Waals surface area contributed by atoms with Gasteiger partial charge in [-0.1, -0.05) is 44.2 Å². The van der Waals surface area contributed by atoms with E-state index >= 15 is 0 Å². The van der Waals surface area contributed by atoms with Gasteiger partial charge in [-0.05, 0) is 48.6 Å². The van der Waals surface area contributed by atoms with Gasteiger partial charge >= 0.3 is 0 Å². The summed E-state index contributed by atoms with van der Waals surface area (Å²) in [6.07, 6.45) is 0.874. The summed E-state index contributed by atoms with van der Waals surface area (Å²) in [4.78, 5) is 18.5. The second kappa shape index (κ2) is 7.10. The fourth-order valence-electron chi connectivity index (χ4n) is 4.18. The lowest BCUT2D eigenvalue weighted by Gasteiger charge is -2.38. The summed E-state index contributed by atoms with van der Waals surface area (Å²) in [5, 5.41) is 1.28. The van der Waals surface area contributed by atoms with Crippen molar-refractivity contribution in [2.24, 2.45) is 5.92 Å². The van der Waals surface area contributed by atoms with E-state index in [4.69, 9.17) is 4.74 Å². The van der Waals surface area contributed by atoms with Gasteiger partial charge in [0.25, 0.3) is 5.91 Å². The Morgan fingerprint density at radius 1 is 1.22 bits per heavy atom. The molecule has 4 heteroatoms. The average molecular weight is 362 g/mol. The summed E-state index contributed by atoms with van der Waals surface area (Å²) in [6, 6.07) is 16.3. The number of nitrogens with zero attached hydrogens (tertiary/aromatic N) is 1. The molecule has 4 rings (SSSR count). The van der Waals surface area contributed by atoms with E-state index in [1.165, 1.54) is 16.6 Å². The number of rotatable bonds is 4. The Labute approximate surface area is 160 Å². The van der Waals surface area contributed by atoms with Crippen molar-refractivity contribution < 1.29 is 9.53 Å². The molecule has 3 aromatic rings. The van der Waals surface area contributed by atoms with Crippen LogP contribution in [0.3, 0.4) is 0 Å². The molecule has 2 aromatic carbocycles. The molecule has 1 aliphatic heterocycles. The van der Waals surface area contributed by atoms with Crippen molar-refractivity contribution in [3.8, 4) is 5.75 Å². The van der Waals surface area contributed by atoms with E-state index in [1.807, 2.05) is 42.2 Å². The molecule has 1 atom stereocenters. The van der Waals surface area contributed by atoms with Crippen molar-refractivity contribution in [3.05, 3.63) is 65.4 Å². The van der Waals surface area contributed by atoms with Crippen molar-refractivity contribution in [2.75, 3.05) is 13.2 Å². The van der Waals surface area contributed by atoms with E-state index in [0.29, 0.717) is 5.92 Å². The molecule has 1 aromatic heterocycles. The highest BCUT2D eigenvalue weighted by Gasteiger charge is 2.35. The zero-order valence-corrected chi connectivity index (χ0v) is 16.2. The number of nitrogens with one attached hydrogen (secondary N) is 1. The Morgan fingerprint density at radius 2 is 2.04 bits per heavy atom. The lowest BCUT2D eigenvalue weighted by molar-refractivity contribution is -0.137. The van der Waals surface area contributed by atoms with Gasteiger partial charge in [-0.3, -0.25) is 4.79 Å². The van der Waals surface area contributed by atoms with Crippen molar-refractivity contribution in [1.82, 2.24) is 9.88 Å². The van der Waals surface area contributed by atoms with Crippen LogP contribution in [0.2, 0.25) is 0 Å². The van der Waals surface area contributed by atoms with E-state index in [-0.39, 0.29) is 18.6 Å². The molecule has 0 radical (unpaired) electrons. The van der Waals surface area contributed by atoms with E-state index in [0.717, 1.165) is 29.8 Å². The van der Waals surface area contributed by atoms with Gasteiger partial charge in [0.15, 0.2) is 6.61 Å². The van der Waals surface area contributed by atoms with Gasteiger partial charge < -0.3 is 14.6 Å². The highest BCUT2D eigenvalue weighted by atomic mass is 16.5. The largest absolute Gasteiger partial charge is 0.484 e. The normalized spacial score (nSPS) is 16.6. The van der Waals surface area contributed by atoms with Gasteiger partial charge in [-0.25, -0.2) is 0 Å². The third kappa shape index (κ3) is 3.32. The molecular formula is C23H26N2O2. The third-order valence-corrected chi connectivity index (χ3v) is 5.38. The number of aromatic amines is 1. The molecule has 140 valence electrons. The zero-order valence-electron chi connectivity index (χ0n) is 16.2. The number of para-hydroxylation sites is 1. The number of fused-ring (bicyclic) bond motifs is 3. The summed E-state index contributed by atoms with van der Waals surface area (Å²) in [5.74, 6) is 1.10. The first-order valence-electron chi connectivity index (χ1n) is 9.63. The second-order valence-electron chi connectivity index (χ2n) is 7.69. The predicted octanol–water partition coefficient (Wildman–Crippen LogP) is 4.64. The van der Waals surface area contributed by atoms with E-state index < -0.39 is 0 Å². The monoisotopic (exact) mass is 362 g/mol. The van der Waals surface area contributed by atoms with Crippen LogP contribution < -0.4 is 4.74 Å². The first-order chi connectivity index (χ1) is 13.0. The van der Waals surface area contributed by atoms with Gasteiger partial charge in [0, 0.05) is 23.1 Å². The van der Waals surface area contributed by atoms with Crippen molar-refractivity contribution in [3.63, 3.8) is 0 Å². The fraction of sp³-hybridized carbons (Fsp3) is 0.348. The van der Waals surface area contributed by atoms with E-state index in [1.54, 1.807) is 0 Å². The molecule has 0 saturated heterocycles. The van der Waals surface area contributed by atoms with Crippen LogP contribution >= 0.6 is 0 Å². The topological polar surface area (TPSA) is 45.3 Å².